The van der Waals surface area contributed by atoms with Gasteiger partial charge in [-0.1, -0.05) is 50.0 Å². The molecule has 1 aromatic carbocycles. The average molecular weight is 277 g/mol. The Morgan fingerprint density at radius 1 is 1.00 bits per heavy atom. The number of benzene rings is 1. The summed E-state index contributed by atoms with van der Waals surface area (Å²) in [6.07, 6.45) is 0. The quantitative estimate of drug-likeness (QED) is 0.657. The van der Waals surface area contributed by atoms with Crippen LogP contribution in [0.3, 0.4) is 0 Å². The molecule has 0 saturated carbocycles. The molecule has 0 fully saturated rings. The molecule has 4 heteroatoms. The van der Waals surface area contributed by atoms with Gasteiger partial charge in [0.2, 0.25) is 0 Å². The zero-order valence-electron chi connectivity index (χ0n) is 10.0. The van der Waals surface area contributed by atoms with Gasteiger partial charge in [-0.25, -0.2) is 0 Å². The van der Waals surface area contributed by atoms with Gasteiger partial charge < -0.3 is 4.43 Å². The molecule has 0 N–H and O–H groups in total. The highest BCUT2D eigenvalue weighted by Gasteiger charge is 2.32. The minimum atomic E-state index is -1.69. The van der Waals surface area contributed by atoms with Crippen LogP contribution in [0.25, 0.3) is 0 Å². The van der Waals surface area contributed by atoms with E-state index >= 15 is 0 Å². The topological polar surface area (TPSA) is 9.23 Å². The summed E-state index contributed by atoms with van der Waals surface area (Å²) in [5, 5.41) is 1.22. The van der Waals surface area contributed by atoms with Gasteiger partial charge >= 0.3 is 0 Å². The second-order valence-electron chi connectivity index (χ2n) is 3.90. The van der Waals surface area contributed by atoms with Crippen LogP contribution in [0, 0.1) is 0 Å². The van der Waals surface area contributed by atoms with Crippen LogP contribution >= 0.6 is 23.2 Å². The summed E-state index contributed by atoms with van der Waals surface area (Å²) in [6, 6.07) is 8.74. The van der Waals surface area contributed by atoms with Crippen LogP contribution in [0.5, 0.6) is 5.75 Å². The molecular weight excluding hydrogens is 259 g/mol. The first-order chi connectivity index (χ1) is 7.58. The van der Waals surface area contributed by atoms with Crippen molar-refractivity contribution >= 4 is 31.5 Å². The summed E-state index contributed by atoms with van der Waals surface area (Å²) < 4.78 is 6.19. The Balaban J connectivity index is 3.02. The molecule has 1 nitrogen and oxygen atoms in total. The minimum absolute atomic E-state index is 0.611. The Hall–Kier alpha value is -0.183. The average Bonchev–Trinajstić information content (AvgIpc) is 2.30. The second kappa shape index (κ2) is 5.94. The van der Waals surface area contributed by atoms with E-state index in [0.29, 0.717) is 15.8 Å². The number of halogens is 2. The molecule has 0 unspecified atom stereocenters. The van der Waals surface area contributed by atoms with Gasteiger partial charge in [0.1, 0.15) is 5.75 Å². The molecule has 0 amide bonds. The Labute approximate surface area is 109 Å². The van der Waals surface area contributed by atoms with Crippen LogP contribution < -0.4 is 4.43 Å². The van der Waals surface area contributed by atoms with Gasteiger partial charge in [0, 0.05) is 0 Å². The smallest absolute Gasteiger partial charge is 0.250 e. The Bertz CT molecular complexity index is 322. The molecule has 0 aliphatic carbocycles. The summed E-state index contributed by atoms with van der Waals surface area (Å²) in [6.45, 7) is 6.55. The maximum atomic E-state index is 6.19. The van der Waals surface area contributed by atoms with E-state index in [0.717, 1.165) is 18.1 Å². The van der Waals surface area contributed by atoms with Crippen molar-refractivity contribution in [1.82, 2.24) is 0 Å². The van der Waals surface area contributed by atoms with Crippen molar-refractivity contribution < 1.29 is 4.43 Å². The van der Waals surface area contributed by atoms with Crippen LogP contribution in [0.4, 0.5) is 0 Å². The highest BCUT2D eigenvalue weighted by Crippen LogP contribution is 2.36. The third-order valence-electron chi connectivity index (χ3n) is 3.17. The molecule has 0 aromatic heterocycles. The van der Waals surface area contributed by atoms with E-state index < -0.39 is 8.32 Å². The van der Waals surface area contributed by atoms with Gasteiger partial charge in [0.25, 0.3) is 8.32 Å². The molecule has 0 spiro atoms. The van der Waals surface area contributed by atoms with Crippen LogP contribution in [0.1, 0.15) is 20.8 Å². The van der Waals surface area contributed by atoms with Crippen molar-refractivity contribution in [2.75, 3.05) is 0 Å². The normalized spacial score (nSPS) is 11.6. The first-order valence-corrected chi connectivity index (χ1v) is 9.00. The SMILES string of the molecule is CC[Si](CC)(CC)Oc1c(Cl)cccc1Cl. The largest absolute Gasteiger partial charge is 0.542 e. The third-order valence-corrected chi connectivity index (χ3v) is 8.27. The molecule has 1 rings (SSSR count). The van der Waals surface area contributed by atoms with E-state index in [1.165, 1.54) is 0 Å². The molecule has 0 heterocycles. The van der Waals surface area contributed by atoms with Crippen LogP contribution in [0.2, 0.25) is 28.2 Å². The van der Waals surface area contributed by atoms with E-state index in [1.54, 1.807) is 0 Å². The zero-order valence-corrected chi connectivity index (χ0v) is 12.5. The molecule has 0 aliphatic heterocycles. The predicted octanol–water partition coefficient (Wildman–Crippen LogP) is 5.38. The van der Waals surface area contributed by atoms with Gasteiger partial charge in [-0.15, -0.1) is 0 Å². The maximum Gasteiger partial charge on any atom is 0.250 e. The van der Waals surface area contributed by atoms with Gasteiger partial charge in [-0.3, -0.25) is 0 Å². The molecule has 1 aromatic rings. The lowest BCUT2D eigenvalue weighted by Crippen LogP contribution is -2.39. The first kappa shape index (κ1) is 13.9. The number of para-hydroxylation sites is 1. The fourth-order valence-corrected chi connectivity index (χ4v) is 4.95. The number of hydrogen-bond acceptors (Lipinski definition) is 1. The van der Waals surface area contributed by atoms with Gasteiger partial charge in [-0.05, 0) is 30.3 Å². The maximum absolute atomic E-state index is 6.19. The van der Waals surface area contributed by atoms with E-state index in [9.17, 15) is 0 Å². The summed E-state index contributed by atoms with van der Waals surface area (Å²) in [7, 11) is -1.69. The van der Waals surface area contributed by atoms with Crippen molar-refractivity contribution in [2.45, 2.75) is 38.9 Å². The number of rotatable bonds is 5. The lowest BCUT2D eigenvalue weighted by molar-refractivity contribution is 0.532. The van der Waals surface area contributed by atoms with Crippen molar-refractivity contribution in [2.24, 2.45) is 0 Å². The van der Waals surface area contributed by atoms with Crippen LogP contribution in [-0.2, 0) is 0 Å². The summed E-state index contributed by atoms with van der Waals surface area (Å²) in [5.41, 5.74) is 0. The monoisotopic (exact) mass is 276 g/mol. The molecule has 0 saturated heterocycles. The number of hydrogen-bond donors (Lipinski definition) is 0. The predicted molar refractivity (Wildman–Crippen MR) is 74.3 cm³/mol. The van der Waals surface area contributed by atoms with Gasteiger partial charge in [0.05, 0.1) is 10.0 Å². The summed E-state index contributed by atoms with van der Waals surface area (Å²) in [5.74, 6) is 0.669. The van der Waals surface area contributed by atoms with E-state index in [-0.39, 0.29) is 0 Å². The Morgan fingerprint density at radius 3 is 1.81 bits per heavy atom. The summed E-state index contributed by atoms with van der Waals surface area (Å²) in [4.78, 5) is 0. The first-order valence-electron chi connectivity index (χ1n) is 5.71. The second-order valence-corrected chi connectivity index (χ2v) is 9.40. The van der Waals surface area contributed by atoms with Crippen LogP contribution in [-0.4, -0.2) is 8.32 Å². The van der Waals surface area contributed by atoms with Gasteiger partial charge in [-0.2, -0.15) is 0 Å². The van der Waals surface area contributed by atoms with E-state index in [4.69, 9.17) is 27.6 Å². The molecule has 0 aliphatic rings. The standard InChI is InChI=1S/C12H18Cl2OSi/c1-4-16(5-2,6-3)15-12-10(13)8-7-9-11(12)14/h7-9H,4-6H2,1-3H3. The van der Waals surface area contributed by atoms with E-state index in [1.807, 2.05) is 18.2 Å². The molecule has 0 atom stereocenters. The minimum Gasteiger partial charge on any atom is -0.542 e. The Morgan fingerprint density at radius 2 is 1.44 bits per heavy atom. The molecule has 0 bridgehead atoms. The highest BCUT2D eigenvalue weighted by atomic mass is 35.5. The fraction of sp³-hybridized carbons (Fsp3) is 0.500. The molecule has 0 radical (unpaired) electrons. The van der Waals surface area contributed by atoms with Gasteiger partial charge in [0.15, 0.2) is 0 Å². The van der Waals surface area contributed by atoms with Crippen molar-refractivity contribution in [3.05, 3.63) is 28.2 Å². The van der Waals surface area contributed by atoms with Crippen LogP contribution in [0.15, 0.2) is 18.2 Å². The van der Waals surface area contributed by atoms with Crippen molar-refractivity contribution in [3.63, 3.8) is 0 Å². The summed E-state index contributed by atoms with van der Waals surface area (Å²) >= 11 is 12.2. The van der Waals surface area contributed by atoms with E-state index in [2.05, 4.69) is 20.8 Å². The Kier molecular flexibility index (Phi) is 5.16. The molecule has 90 valence electrons. The lowest BCUT2D eigenvalue weighted by atomic mass is 10.3. The zero-order chi connectivity index (χ0) is 12.2. The van der Waals surface area contributed by atoms with Crippen molar-refractivity contribution in [1.29, 1.82) is 0 Å². The fourth-order valence-electron chi connectivity index (χ4n) is 1.76. The molecule has 16 heavy (non-hydrogen) atoms. The highest BCUT2D eigenvalue weighted by molar-refractivity contribution is 6.74. The molecular formula is C12H18Cl2OSi. The third kappa shape index (κ3) is 2.93. The lowest BCUT2D eigenvalue weighted by Gasteiger charge is -2.29. The van der Waals surface area contributed by atoms with Crippen molar-refractivity contribution in [3.8, 4) is 5.75 Å².